The SMILES string of the molecule is CC(=O)N[C@H]1[C@H]([C@H](O)[C@H](O)CO)OC(C(=O)O)=C[C@H]1NS(=O)(=O)c1ccccc1. The van der Waals surface area contributed by atoms with Crippen molar-refractivity contribution in [3.8, 4) is 0 Å². The number of sulfonamides is 1. The lowest BCUT2D eigenvalue weighted by Crippen LogP contribution is -2.63. The fraction of sp³-hybridized carbons (Fsp3) is 0.412. The highest BCUT2D eigenvalue weighted by Crippen LogP contribution is 2.24. The van der Waals surface area contributed by atoms with Crippen LogP contribution in [0.4, 0.5) is 0 Å². The minimum Gasteiger partial charge on any atom is -0.478 e. The standard InChI is InChI=1S/C17H22N2O9S/c1-9(21)18-14-11(19-29(26,27)10-5-3-2-4-6-10)7-13(17(24)25)28-16(14)15(23)12(22)8-20/h2-7,11-12,14-16,19-20,22-23H,8H2,1H3,(H,18,21)(H,24,25)/t11-,12-,14-,15-,16-/m1/s1. The van der Waals surface area contributed by atoms with Crippen LogP contribution >= 0.6 is 0 Å². The Morgan fingerprint density at radius 3 is 2.34 bits per heavy atom. The molecule has 6 N–H and O–H groups in total. The number of rotatable bonds is 8. The van der Waals surface area contributed by atoms with E-state index in [1.165, 1.54) is 24.3 Å². The Morgan fingerprint density at radius 1 is 1.21 bits per heavy atom. The van der Waals surface area contributed by atoms with Crippen molar-refractivity contribution < 1.29 is 43.2 Å². The molecule has 0 spiro atoms. The van der Waals surface area contributed by atoms with E-state index in [4.69, 9.17) is 9.84 Å². The van der Waals surface area contributed by atoms with Gasteiger partial charge in [-0.1, -0.05) is 18.2 Å². The summed E-state index contributed by atoms with van der Waals surface area (Å²) < 4.78 is 32.8. The molecule has 1 amide bonds. The van der Waals surface area contributed by atoms with Gasteiger partial charge in [-0.15, -0.1) is 0 Å². The summed E-state index contributed by atoms with van der Waals surface area (Å²) in [6.07, 6.45) is -4.18. The zero-order valence-electron chi connectivity index (χ0n) is 15.3. The smallest absolute Gasteiger partial charge is 0.370 e. The van der Waals surface area contributed by atoms with E-state index < -0.39 is 64.7 Å². The summed E-state index contributed by atoms with van der Waals surface area (Å²) in [7, 11) is -4.14. The molecule has 1 aromatic rings. The summed E-state index contributed by atoms with van der Waals surface area (Å²) >= 11 is 0. The summed E-state index contributed by atoms with van der Waals surface area (Å²) in [5, 5.41) is 40.8. The summed E-state index contributed by atoms with van der Waals surface area (Å²) in [6.45, 7) is 0.255. The van der Waals surface area contributed by atoms with Crippen LogP contribution in [0.3, 0.4) is 0 Å². The van der Waals surface area contributed by atoms with E-state index in [2.05, 4.69) is 10.0 Å². The number of amides is 1. The molecule has 0 saturated heterocycles. The number of carboxylic acids is 1. The van der Waals surface area contributed by atoms with Crippen LogP contribution in [0.1, 0.15) is 6.92 Å². The first-order chi connectivity index (χ1) is 13.6. The van der Waals surface area contributed by atoms with Crippen LogP contribution in [-0.4, -0.2) is 77.7 Å². The third kappa shape index (κ3) is 5.52. The largest absolute Gasteiger partial charge is 0.478 e. The molecule has 5 atom stereocenters. The fourth-order valence-electron chi connectivity index (χ4n) is 2.82. The number of carbonyl (C=O) groups excluding carboxylic acids is 1. The second-order valence-electron chi connectivity index (χ2n) is 6.35. The van der Waals surface area contributed by atoms with Crippen molar-refractivity contribution in [3.63, 3.8) is 0 Å². The van der Waals surface area contributed by atoms with Crippen molar-refractivity contribution in [1.82, 2.24) is 10.0 Å². The van der Waals surface area contributed by atoms with Gasteiger partial charge in [0.25, 0.3) is 0 Å². The maximum absolute atomic E-state index is 12.7. The second-order valence-corrected chi connectivity index (χ2v) is 8.06. The van der Waals surface area contributed by atoms with Crippen molar-refractivity contribution in [2.75, 3.05) is 6.61 Å². The summed E-state index contributed by atoms with van der Waals surface area (Å²) in [6, 6.07) is 4.61. The Labute approximate surface area is 166 Å². The van der Waals surface area contributed by atoms with Gasteiger partial charge in [-0.3, -0.25) is 4.79 Å². The molecule has 1 aliphatic rings. The molecule has 0 radical (unpaired) electrons. The number of aliphatic hydroxyl groups excluding tert-OH is 3. The molecule has 0 fully saturated rings. The minimum atomic E-state index is -4.14. The first-order valence-electron chi connectivity index (χ1n) is 8.50. The van der Waals surface area contributed by atoms with Crippen molar-refractivity contribution in [2.24, 2.45) is 0 Å². The van der Waals surface area contributed by atoms with E-state index >= 15 is 0 Å². The van der Waals surface area contributed by atoms with Crippen LogP contribution < -0.4 is 10.0 Å². The zero-order chi connectivity index (χ0) is 21.8. The van der Waals surface area contributed by atoms with E-state index in [0.717, 1.165) is 13.0 Å². The Balaban J connectivity index is 2.47. The number of aliphatic hydroxyl groups is 3. The van der Waals surface area contributed by atoms with Crippen molar-refractivity contribution in [2.45, 2.75) is 42.2 Å². The van der Waals surface area contributed by atoms with Gasteiger partial charge in [-0.25, -0.2) is 17.9 Å². The predicted molar refractivity (Wildman–Crippen MR) is 97.8 cm³/mol. The Morgan fingerprint density at radius 2 is 1.83 bits per heavy atom. The molecular formula is C17H22N2O9S. The van der Waals surface area contributed by atoms with Crippen LogP contribution in [0, 0.1) is 0 Å². The minimum absolute atomic E-state index is 0.106. The lowest BCUT2D eigenvalue weighted by molar-refractivity contribution is -0.146. The van der Waals surface area contributed by atoms with Gasteiger partial charge in [0.15, 0.2) is 0 Å². The number of carbonyl (C=O) groups is 2. The Kier molecular flexibility index (Phi) is 7.32. The number of benzene rings is 1. The summed E-state index contributed by atoms with van der Waals surface area (Å²) in [4.78, 5) is 23.0. The molecule has 0 aliphatic carbocycles. The van der Waals surface area contributed by atoms with Crippen LogP contribution in [0.25, 0.3) is 0 Å². The van der Waals surface area contributed by atoms with Crippen molar-refractivity contribution in [1.29, 1.82) is 0 Å². The van der Waals surface area contributed by atoms with E-state index in [-0.39, 0.29) is 4.90 Å². The number of carboxylic acid groups (broad SMARTS) is 1. The molecule has 1 aliphatic heterocycles. The molecule has 29 heavy (non-hydrogen) atoms. The predicted octanol–water partition coefficient (Wildman–Crippen LogP) is -2.08. The molecule has 0 bridgehead atoms. The van der Waals surface area contributed by atoms with Gasteiger partial charge >= 0.3 is 5.97 Å². The molecule has 2 rings (SSSR count). The molecule has 0 saturated carbocycles. The third-order valence-electron chi connectivity index (χ3n) is 4.18. The topological polar surface area (TPSA) is 182 Å². The molecule has 11 nitrogen and oxygen atoms in total. The highest BCUT2D eigenvalue weighted by atomic mass is 32.2. The van der Waals surface area contributed by atoms with Crippen molar-refractivity contribution >= 4 is 21.9 Å². The zero-order valence-corrected chi connectivity index (χ0v) is 16.1. The van der Waals surface area contributed by atoms with Gasteiger partial charge in [0, 0.05) is 6.92 Å². The van der Waals surface area contributed by atoms with E-state index in [1.807, 2.05) is 0 Å². The Hall–Kier alpha value is -2.51. The number of hydrogen-bond acceptors (Lipinski definition) is 8. The first kappa shape index (κ1) is 22.8. The van der Waals surface area contributed by atoms with Gasteiger partial charge in [0.1, 0.15) is 18.3 Å². The van der Waals surface area contributed by atoms with Gasteiger partial charge in [0.05, 0.1) is 23.6 Å². The quantitative estimate of drug-likeness (QED) is 0.269. The van der Waals surface area contributed by atoms with Crippen molar-refractivity contribution in [3.05, 3.63) is 42.2 Å². The highest BCUT2D eigenvalue weighted by Gasteiger charge is 2.44. The van der Waals surface area contributed by atoms with Crippen LogP contribution in [-0.2, 0) is 24.3 Å². The van der Waals surface area contributed by atoms with Gasteiger partial charge in [0.2, 0.25) is 21.7 Å². The first-order valence-corrected chi connectivity index (χ1v) is 9.98. The van der Waals surface area contributed by atoms with E-state index in [0.29, 0.717) is 0 Å². The fourth-order valence-corrected chi connectivity index (χ4v) is 4.05. The summed E-state index contributed by atoms with van der Waals surface area (Å²) in [5.74, 6) is -2.86. The molecule has 1 aromatic carbocycles. The maximum atomic E-state index is 12.7. The second kappa shape index (κ2) is 9.33. The molecule has 0 unspecified atom stereocenters. The van der Waals surface area contributed by atoms with Crippen LogP contribution in [0.2, 0.25) is 0 Å². The lowest BCUT2D eigenvalue weighted by Gasteiger charge is -2.39. The summed E-state index contributed by atoms with van der Waals surface area (Å²) in [5.41, 5.74) is 0. The molecule has 0 aromatic heterocycles. The van der Waals surface area contributed by atoms with Gasteiger partial charge in [-0.2, -0.15) is 0 Å². The third-order valence-corrected chi connectivity index (χ3v) is 5.65. The highest BCUT2D eigenvalue weighted by molar-refractivity contribution is 7.89. The molecule has 12 heteroatoms. The van der Waals surface area contributed by atoms with Crippen LogP contribution in [0.15, 0.2) is 47.1 Å². The lowest BCUT2D eigenvalue weighted by atomic mass is 9.92. The number of hydrogen-bond donors (Lipinski definition) is 6. The molecule has 160 valence electrons. The molecular weight excluding hydrogens is 408 g/mol. The Bertz CT molecular complexity index is 872. The average Bonchev–Trinajstić information content (AvgIpc) is 2.67. The van der Waals surface area contributed by atoms with Crippen LogP contribution in [0.5, 0.6) is 0 Å². The number of aliphatic carboxylic acids is 1. The molecule has 1 heterocycles. The maximum Gasteiger partial charge on any atom is 0.370 e. The van der Waals surface area contributed by atoms with E-state index in [1.54, 1.807) is 6.07 Å². The van der Waals surface area contributed by atoms with Gasteiger partial charge in [-0.05, 0) is 18.2 Å². The number of ether oxygens (including phenoxy) is 1. The van der Waals surface area contributed by atoms with Gasteiger partial charge < -0.3 is 30.5 Å². The average molecular weight is 430 g/mol. The number of nitrogens with one attached hydrogen (secondary N) is 2. The van der Waals surface area contributed by atoms with E-state index in [9.17, 15) is 33.3 Å². The monoisotopic (exact) mass is 430 g/mol. The normalized spacial score (nSPS) is 24.0.